The first-order valence-corrected chi connectivity index (χ1v) is 6.58. The van der Waals surface area contributed by atoms with Crippen molar-refractivity contribution in [2.45, 2.75) is 26.4 Å². The third-order valence-electron chi connectivity index (χ3n) is 3.44. The van der Waals surface area contributed by atoms with Crippen molar-refractivity contribution in [1.29, 1.82) is 5.26 Å². The summed E-state index contributed by atoms with van der Waals surface area (Å²) in [5, 5.41) is 12.3. The van der Waals surface area contributed by atoms with Crippen molar-refractivity contribution < 1.29 is 4.39 Å². The third kappa shape index (κ3) is 3.43. The zero-order chi connectivity index (χ0) is 14.5. The number of rotatable bonds is 4. The van der Waals surface area contributed by atoms with Gasteiger partial charge in [-0.2, -0.15) is 5.26 Å². The molecule has 0 heterocycles. The standard InChI is InChI=1S/C17H17FN2/c1-12-9-14(10-19)3-4-16(12)11-20-13(2)15-5-7-17(18)8-6-15/h3-9,13,20H,11H2,1-2H3/t13-/m0/s1. The Morgan fingerprint density at radius 2 is 1.90 bits per heavy atom. The van der Waals surface area contributed by atoms with Crippen LogP contribution in [0.15, 0.2) is 42.5 Å². The lowest BCUT2D eigenvalue weighted by Gasteiger charge is -2.15. The highest BCUT2D eigenvalue weighted by Gasteiger charge is 2.06. The Balaban J connectivity index is 2.01. The smallest absolute Gasteiger partial charge is 0.123 e. The van der Waals surface area contributed by atoms with Gasteiger partial charge in [-0.25, -0.2) is 4.39 Å². The number of nitriles is 1. The zero-order valence-corrected chi connectivity index (χ0v) is 11.7. The van der Waals surface area contributed by atoms with E-state index in [2.05, 4.69) is 11.4 Å². The fraction of sp³-hybridized carbons (Fsp3) is 0.235. The lowest BCUT2D eigenvalue weighted by molar-refractivity contribution is 0.570. The molecule has 0 fully saturated rings. The molecule has 0 bridgehead atoms. The van der Waals surface area contributed by atoms with Crippen LogP contribution in [0.5, 0.6) is 0 Å². The van der Waals surface area contributed by atoms with Crippen LogP contribution in [0.4, 0.5) is 4.39 Å². The van der Waals surface area contributed by atoms with E-state index >= 15 is 0 Å². The maximum absolute atomic E-state index is 12.9. The molecule has 0 aliphatic carbocycles. The topological polar surface area (TPSA) is 35.8 Å². The molecule has 0 aromatic heterocycles. The van der Waals surface area contributed by atoms with E-state index in [-0.39, 0.29) is 11.9 Å². The van der Waals surface area contributed by atoms with Crippen LogP contribution in [-0.2, 0) is 6.54 Å². The first-order valence-electron chi connectivity index (χ1n) is 6.58. The molecule has 1 N–H and O–H groups in total. The quantitative estimate of drug-likeness (QED) is 0.914. The molecule has 0 unspecified atom stereocenters. The fourth-order valence-electron chi connectivity index (χ4n) is 2.10. The van der Waals surface area contributed by atoms with Crippen molar-refractivity contribution in [2.75, 3.05) is 0 Å². The third-order valence-corrected chi connectivity index (χ3v) is 3.44. The van der Waals surface area contributed by atoms with Gasteiger partial charge in [0.2, 0.25) is 0 Å². The number of hydrogen-bond acceptors (Lipinski definition) is 2. The molecule has 0 saturated heterocycles. The first kappa shape index (κ1) is 14.2. The van der Waals surface area contributed by atoms with E-state index < -0.39 is 0 Å². The number of nitrogens with one attached hydrogen (secondary N) is 1. The van der Waals surface area contributed by atoms with Crippen molar-refractivity contribution in [2.24, 2.45) is 0 Å². The average Bonchev–Trinajstić information content (AvgIpc) is 2.46. The summed E-state index contributed by atoms with van der Waals surface area (Å²) >= 11 is 0. The second-order valence-corrected chi connectivity index (χ2v) is 4.91. The van der Waals surface area contributed by atoms with Crippen molar-refractivity contribution in [1.82, 2.24) is 5.32 Å². The zero-order valence-electron chi connectivity index (χ0n) is 11.7. The maximum atomic E-state index is 12.9. The van der Waals surface area contributed by atoms with Gasteiger partial charge in [-0.1, -0.05) is 18.2 Å². The molecule has 0 amide bonds. The SMILES string of the molecule is Cc1cc(C#N)ccc1CN[C@@H](C)c1ccc(F)cc1. The van der Waals surface area contributed by atoms with Crippen LogP contribution >= 0.6 is 0 Å². The molecular formula is C17H17FN2. The molecule has 0 saturated carbocycles. The Labute approximate surface area is 118 Å². The highest BCUT2D eigenvalue weighted by atomic mass is 19.1. The van der Waals surface area contributed by atoms with Gasteiger partial charge < -0.3 is 5.32 Å². The van der Waals surface area contributed by atoms with Gasteiger partial charge >= 0.3 is 0 Å². The van der Waals surface area contributed by atoms with E-state index in [1.165, 1.54) is 12.1 Å². The van der Waals surface area contributed by atoms with Crippen LogP contribution in [0, 0.1) is 24.1 Å². The van der Waals surface area contributed by atoms with Gasteiger partial charge in [0.1, 0.15) is 5.82 Å². The van der Waals surface area contributed by atoms with Gasteiger partial charge in [-0.3, -0.25) is 0 Å². The molecule has 2 nitrogen and oxygen atoms in total. The van der Waals surface area contributed by atoms with Crippen LogP contribution in [-0.4, -0.2) is 0 Å². The molecule has 2 aromatic rings. The Kier molecular flexibility index (Phi) is 4.49. The van der Waals surface area contributed by atoms with Crippen LogP contribution in [0.3, 0.4) is 0 Å². The summed E-state index contributed by atoms with van der Waals surface area (Å²) in [4.78, 5) is 0. The minimum atomic E-state index is -0.219. The van der Waals surface area contributed by atoms with Crippen LogP contribution < -0.4 is 5.32 Å². The van der Waals surface area contributed by atoms with E-state index in [1.807, 2.05) is 32.0 Å². The van der Waals surface area contributed by atoms with Crippen molar-refractivity contribution in [3.63, 3.8) is 0 Å². The van der Waals surface area contributed by atoms with Crippen LogP contribution in [0.25, 0.3) is 0 Å². The lowest BCUT2D eigenvalue weighted by Crippen LogP contribution is -2.18. The second kappa shape index (κ2) is 6.31. The van der Waals surface area contributed by atoms with Crippen molar-refractivity contribution in [3.05, 3.63) is 70.5 Å². The number of benzene rings is 2. The lowest BCUT2D eigenvalue weighted by atomic mass is 10.0. The second-order valence-electron chi connectivity index (χ2n) is 4.91. The summed E-state index contributed by atoms with van der Waals surface area (Å²) < 4.78 is 12.9. The molecule has 2 aromatic carbocycles. The van der Waals surface area contributed by atoms with E-state index in [9.17, 15) is 4.39 Å². The molecule has 3 heteroatoms. The van der Waals surface area contributed by atoms with E-state index in [0.29, 0.717) is 5.56 Å². The van der Waals surface area contributed by atoms with E-state index in [4.69, 9.17) is 5.26 Å². The van der Waals surface area contributed by atoms with E-state index in [0.717, 1.165) is 23.2 Å². The van der Waals surface area contributed by atoms with Crippen molar-refractivity contribution in [3.8, 4) is 6.07 Å². The molecule has 0 aliphatic rings. The monoisotopic (exact) mass is 268 g/mol. The molecule has 2 rings (SSSR count). The van der Waals surface area contributed by atoms with Gasteiger partial charge in [-0.15, -0.1) is 0 Å². The van der Waals surface area contributed by atoms with Gasteiger partial charge in [-0.05, 0) is 54.8 Å². The Hall–Kier alpha value is -2.18. The molecule has 0 radical (unpaired) electrons. The molecule has 1 atom stereocenters. The number of halogens is 1. The number of nitrogens with zero attached hydrogens (tertiary/aromatic N) is 1. The normalized spacial score (nSPS) is 11.9. The van der Waals surface area contributed by atoms with Gasteiger partial charge in [0.05, 0.1) is 11.6 Å². The van der Waals surface area contributed by atoms with Gasteiger partial charge in [0.15, 0.2) is 0 Å². The first-order chi connectivity index (χ1) is 9.60. The summed E-state index contributed by atoms with van der Waals surface area (Å²) in [7, 11) is 0. The molecule has 20 heavy (non-hydrogen) atoms. The summed E-state index contributed by atoms with van der Waals surface area (Å²) in [6.07, 6.45) is 0. The molecule has 0 aliphatic heterocycles. The van der Waals surface area contributed by atoms with Crippen LogP contribution in [0.2, 0.25) is 0 Å². The minimum absolute atomic E-state index is 0.144. The van der Waals surface area contributed by atoms with Crippen molar-refractivity contribution >= 4 is 0 Å². The predicted molar refractivity (Wildman–Crippen MR) is 77.5 cm³/mol. The average molecular weight is 268 g/mol. The Morgan fingerprint density at radius 1 is 1.20 bits per heavy atom. The Morgan fingerprint density at radius 3 is 2.50 bits per heavy atom. The highest BCUT2D eigenvalue weighted by Crippen LogP contribution is 2.15. The summed E-state index contributed by atoms with van der Waals surface area (Å²) in [6.45, 7) is 4.77. The summed E-state index contributed by atoms with van der Waals surface area (Å²) in [5.41, 5.74) is 4.00. The fourth-order valence-corrected chi connectivity index (χ4v) is 2.10. The highest BCUT2D eigenvalue weighted by molar-refractivity contribution is 5.37. The Bertz CT molecular complexity index is 626. The molecule has 0 spiro atoms. The van der Waals surface area contributed by atoms with Gasteiger partial charge in [0.25, 0.3) is 0 Å². The van der Waals surface area contributed by atoms with Crippen LogP contribution in [0.1, 0.15) is 35.2 Å². The molecular weight excluding hydrogens is 251 g/mol. The number of aryl methyl sites for hydroxylation is 1. The minimum Gasteiger partial charge on any atom is -0.306 e. The maximum Gasteiger partial charge on any atom is 0.123 e. The largest absolute Gasteiger partial charge is 0.306 e. The summed E-state index contributed by atoms with van der Waals surface area (Å²) in [5.74, 6) is -0.219. The predicted octanol–water partition coefficient (Wildman–Crippen LogP) is 3.86. The molecule has 102 valence electrons. The van der Waals surface area contributed by atoms with Gasteiger partial charge in [0, 0.05) is 12.6 Å². The van der Waals surface area contributed by atoms with E-state index in [1.54, 1.807) is 12.1 Å². The number of hydrogen-bond donors (Lipinski definition) is 1. The summed E-state index contributed by atoms with van der Waals surface area (Å²) in [6, 6.07) is 14.5.